The van der Waals surface area contributed by atoms with Gasteiger partial charge in [0.1, 0.15) is 12.1 Å². The van der Waals surface area contributed by atoms with Crippen LogP contribution in [0.3, 0.4) is 0 Å². The minimum atomic E-state index is 0.969. The van der Waals surface area contributed by atoms with Gasteiger partial charge in [-0.25, -0.2) is 9.97 Å². The second kappa shape index (κ2) is 6.33. The summed E-state index contributed by atoms with van der Waals surface area (Å²) in [6.07, 6.45) is 3.41. The molecule has 0 unspecified atom stereocenters. The lowest BCUT2D eigenvalue weighted by atomic mass is 10.2. The first kappa shape index (κ1) is 13.5. The Balaban J connectivity index is 1.59. The van der Waals surface area contributed by atoms with Gasteiger partial charge in [0.2, 0.25) is 0 Å². The highest BCUT2D eigenvalue weighted by atomic mass is 79.9. The van der Waals surface area contributed by atoms with E-state index in [2.05, 4.69) is 66.0 Å². The van der Waals surface area contributed by atoms with Crippen LogP contribution in [-0.2, 0) is 6.54 Å². The van der Waals surface area contributed by atoms with E-state index in [1.54, 1.807) is 12.5 Å². The van der Waals surface area contributed by atoms with Gasteiger partial charge in [-0.1, -0.05) is 30.3 Å². The van der Waals surface area contributed by atoms with Crippen LogP contribution in [0.2, 0.25) is 0 Å². The Morgan fingerprint density at radius 2 is 1.80 bits per heavy atom. The lowest BCUT2D eigenvalue weighted by Gasteiger charge is -2.35. The molecule has 1 aliphatic heterocycles. The van der Waals surface area contributed by atoms with E-state index < -0.39 is 0 Å². The van der Waals surface area contributed by atoms with Gasteiger partial charge in [-0.15, -0.1) is 0 Å². The maximum Gasteiger partial charge on any atom is 0.146 e. The Kier molecular flexibility index (Phi) is 4.28. The van der Waals surface area contributed by atoms with Crippen LogP contribution in [0.4, 0.5) is 5.82 Å². The van der Waals surface area contributed by atoms with Gasteiger partial charge in [-0.3, -0.25) is 4.90 Å². The van der Waals surface area contributed by atoms with Crippen LogP contribution < -0.4 is 4.90 Å². The monoisotopic (exact) mass is 332 g/mol. The zero-order valence-electron chi connectivity index (χ0n) is 11.2. The van der Waals surface area contributed by atoms with Crippen LogP contribution in [0.25, 0.3) is 0 Å². The zero-order valence-corrected chi connectivity index (χ0v) is 12.8. The van der Waals surface area contributed by atoms with Crippen LogP contribution in [-0.4, -0.2) is 41.0 Å². The molecule has 0 saturated carbocycles. The minimum absolute atomic E-state index is 0.969. The van der Waals surface area contributed by atoms with Crippen LogP contribution in [0.15, 0.2) is 47.3 Å². The van der Waals surface area contributed by atoms with Crippen LogP contribution in [0, 0.1) is 0 Å². The summed E-state index contributed by atoms with van der Waals surface area (Å²) in [4.78, 5) is 13.2. The normalized spacial score (nSPS) is 16.4. The summed E-state index contributed by atoms with van der Waals surface area (Å²) in [5.74, 6) is 0.999. The molecule has 1 saturated heterocycles. The lowest BCUT2D eigenvalue weighted by molar-refractivity contribution is 0.249. The van der Waals surface area contributed by atoms with Crippen molar-refractivity contribution in [3.8, 4) is 0 Å². The summed E-state index contributed by atoms with van der Waals surface area (Å²) in [6.45, 7) is 5.15. The van der Waals surface area contributed by atoms with Gasteiger partial charge in [0, 0.05) is 38.9 Å². The van der Waals surface area contributed by atoms with Crippen molar-refractivity contribution in [2.75, 3.05) is 31.1 Å². The summed E-state index contributed by atoms with van der Waals surface area (Å²) in [6, 6.07) is 10.6. The molecule has 4 nitrogen and oxygen atoms in total. The van der Waals surface area contributed by atoms with Crippen LogP contribution >= 0.6 is 15.9 Å². The van der Waals surface area contributed by atoms with E-state index in [4.69, 9.17) is 0 Å². The Labute approximate surface area is 127 Å². The second-order valence-electron chi connectivity index (χ2n) is 4.94. The molecule has 1 aromatic heterocycles. The highest BCUT2D eigenvalue weighted by Crippen LogP contribution is 2.23. The third kappa shape index (κ3) is 3.16. The van der Waals surface area contributed by atoms with Gasteiger partial charge in [0.25, 0.3) is 0 Å². The Morgan fingerprint density at radius 1 is 1.05 bits per heavy atom. The fourth-order valence-corrected chi connectivity index (χ4v) is 2.97. The van der Waals surface area contributed by atoms with Gasteiger partial charge in [0.15, 0.2) is 0 Å². The van der Waals surface area contributed by atoms with Gasteiger partial charge < -0.3 is 4.90 Å². The van der Waals surface area contributed by atoms with Crippen molar-refractivity contribution in [3.05, 3.63) is 52.9 Å². The number of piperazine rings is 1. The molecule has 1 aliphatic rings. The highest BCUT2D eigenvalue weighted by molar-refractivity contribution is 9.10. The van der Waals surface area contributed by atoms with Gasteiger partial charge in [-0.05, 0) is 21.5 Å². The average Bonchev–Trinajstić information content (AvgIpc) is 2.50. The van der Waals surface area contributed by atoms with Gasteiger partial charge >= 0.3 is 0 Å². The number of nitrogens with zero attached hydrogens (tertiary/aromatic N) is 4. The van der Waals surface area contributed by atoms with Crippen molar-refractivity contribution >= 4 is 21.7 Å². The number of rotatable bonds is 3. The molecule has 1 fully saturated rings. The standard InChI is InChI=1S/C15H17BrN4/c16-14-10-17-12-18-15(14)20-8-6-19(7-9-20)11-13-4-2-1-3-5-13/h1-5,10,12H,6-9,11H2. The summed E-state index contributed by atoms with van der Waals surface area (Å²) in [5.41, 5.74) is 1.38. The minimum Gasteiger partial charge on any atom is -0.353 e. The molecule has 0 amide bonds. The molecule has 0 aliphatic carbocycles. The molecule has 0 bridgehead atoms. The molecule has 0 atom stereocenters. The van der Waals surface area contributed by atoms with E-state index in [9.17, 15) is 0 Å². The summed E-state index contributed by atoms with van der Waals surface area (Å²) in [5, 5.41) is 0. The fourth-order valence-electron chi connectivity index (χ4n) is 2.50. The third-order valence-electron chi connectivity index (χ3n) is 3.57. The summed E-state index contributed by atoms with van der Waals surface area (Å²) >= 11 is 3.52. The highest BCUT2D eigenvalue weighted by Gasteiger charge is 2.19. The first-order chi connectivity index (χ1) is 9.83. The Bertz CT molecular complexity index is 553. The number of anilines is 1. The molecule has 104 valence electrons. The number of aromatic nitrogens is 2. The topological polar surface area (TPSA) is 32.3 Å². The van der Waals surface area contributed by atoms with E-state index in [0.717, 1.165) is 43.0 Å². The van der Waals surface area contributed by atoms with E-state index >= 15 is 0 Å². The maximum absolute atomic E-state index is 4.36. The fraction of sp³-hybridized carbons (Fsp3) is 0.333. The van der Waals surface area contributed by atoms with E-state index in [1.165, 1.54) is 5.56 Å². The molecule has 2 aromatic rings. The molecule has 0 radical (unpaired) electrons. The van der Waals surface area contributed by atoms with Crippen LogP contribution in [0.5, 0.6) is 0 Å². The van der Waals surface area contributed by atoms with Crippen LogP contribution in [0.1, 0.15) is 5.56 Å². The molecular weight excluding hydrogens is 316 g/mol. The van der Waals surface area contributed by atoms with Crippen molar-refractivity contribution in [2.24, 2.45) is 0 Å². The quantitative estimate of drug-likeness (QED) is 0.864. The molecule has 20 heavy (non-hydrogen) atoms. The molecule has 5 heteroatoms. The maximum atomic E-state index is 4.36. The molecule has 0 N–H and O–H groups in total. The van der Waals surface area contributed by atoms with Crippen molar-refractivity contribution in [2.45, 2.75) is 6.54 Å². The van der Waals surface area contributed by atoms with Crippen molar-refractivity contribution < 1.29 is 0 Å². The molecule has 0 spiro atoms. The predicted octanol–water partition coefficient (Wildman–Crippen LogP) is 2.56. The third-order valence-corrected chi connectivity index (χ3v) is 4.13. The van der Waals surface area contributed by atoms with Crippen molar-refractivity contribution in [3.63, 3.8) is 0 Å². The number of halogens is 1. The second-order valence-corrected chi connectivity index (χ2v) is 5.80. The molecular formula is C15H17BrN4. The number of benzene rings is 1. The lowest BCUT2D eigenvalue weighted by Crippen LogP contribution is -2.46. The summed E-state index contributed by atoms with van der Waals surface area (Å²) < 4.78 is 0.969. The number of hydrogen-bond donors (Lipinski definition) is 0. The smallest absolute Gasteiger partial charge is 0.146 e. The Hall–Kier alpha value is -1.46. The molecule has 3 rings (SSSR count). The van der Waals surface area contributed by atoms with E-state index in [1.807, 2.05) is 0 Å². The number of hydrogen-bond acceptors (Lipinski definition) is 4. The van der Waals surface area contributed by atoms with Gasteiger partial charge in [0.05, 0.1) is 4.47 Å². The van der Waals surface area contributed by atoms with Gasteiger partial charge in [-0.2, -0.15) is 0 Å². The van der Waals surface area contributed by atoms with Crippen molar-refractivity contribution in [1.82, 2.24) is 14.9 Å². The van der Waals surface area contributed by atoms with E-state index in [0.29, 0.717) is 0 Å². The largest absolute Gasteiger partial charge is 0.353 e. The first-order valence-electron chi connectivity index (χ1n) is 6.79. The summed E-state index contributed by atoms with van der Waals surface area (Å²) in [7, 11) is 0. The first-order valence-corrected chi connectivity index (χ1v) is 7.59. The van der Waals surface area contributed by atoms with Crippen molar-refractivity contribution in [1.29, 1.82) is 0 Å². The zero-order chi connectivity index (χ0) is 13.8. The van der Waals surface area contributed by atoms with E-state index in [-0.39, 0.29) is 0 Å². The molecule has 1 aromatic carbocycles. The molecule has 2 heterocycles. The predicted molar refractivity (Wildman–Crippen MR) is 83.7 cm³/mol. The Morgan fingerprint density at radius 3 is 2.50 bits per heavy atom. The average molecular weight is 333 g/mol. The SMILES string of the molecule is Brc1cncnc1N1CCN(Cc2ccccc2)CC1.